The number of rotatable bonds is 4. The third kappa shape index (κ3) is 3.41. The molecule has 1 aromatic heterocycles. The number of nitrogen functional groups attached to an aromatic ring is 1. The Morgan fingerprint density at radius 2 is 1.89 bits per heavy atom. The minimum Gasteiger partial charge on any atom is -0.397 e. The van der Waals surface area contributed by atoms with Crippen LogP contribution in [-0.4, -0.2) is 15.7 Å². The second-order valence-electron chi connectivity index (χ2n) is 6.43. The highest BCUT2D eigenvalue weighted by Crippen LogP contribution is 2.19. The van der Waals surface area contributed by atoms with Crippen molar-refractivity contribution in [1.82, 2.24) is 9.78 Å². The Morgan fingerprint density at radius 3 is 2.64 bits per heavy atom. The van der Waals surface area contributed by atoms with Crippen LogP contribution < -0.4 is 11.1 Å². The number of fused-ring (bicyclic) bond motifs is 1. The predicted molar refractivity (Wildman–Crippen MR) is 109 cm³/mol. The fraction of sp³-hybridized carbons (Fsp3) is 0.0455. The van der Waals surface area contributed by atoms with Gasteiger partial charge in [-0.25, -0.2) is 0 Å². The summed E-state index contributed by atoms with van der Waals surface area (Å²) in [6.45, 7) is 0.572. The number of benzene rings is 3. The molecule has 0 atom stereocenters. The maximum absolute atomic E-state index is 12.4. The lowest BCUT2D eigenvalue weighted by Gasteiger charge is -2.09. The van der Waals surface area contributed by atoms with Crippen molar-refractivity contribution in [3.8, 4) is 6.07 Å². The molecule has 0 aliphatic carbocycles. The van der Waals surface area contributed by atoms with E-state index in [0.717, 1.165) is 16.5 Å². The summed E-state index contributed by atoms with van der Waals surface area (Å²) in [5.41, 5.74) is 10.1. The van der Waals surface area contributed by atoms with E-state index < -0.39 is 0 Å². The zero-order chi connectivity index (χ0) is 19.5. The molecule has 0 saturated heterocycles. The van der Waals surface area contributed by atoms with Gasteiger partial charge in [-0.05, 0) is 48.0 Å². The molecule has 0 aliphatic rings. The third-order valence-electron chi connectivity index (χ3n) is 4.53. The normalized spacial score (nSPS) is 10.5. The summed E-state index contributed by atoms with van der Waals surface area (Å²) in [5, 5.41) is 17.1. The Kier molecular flexibility index (Phi) is 4.48. The average molecular weight is 367 g/mol. The molecule has 28 heavy (non-hydrogen) atoms. The maximum atomic E-state index is 12.4. The van der Waals surface area contributed by atoms with Crippen LogP contribution in [-0.2, 0) is 6.54 Å². The van der Waals surface area contributed by atoms with Gasteiger partial charge in [-0.3, -0.25) is 9.48 Å². The van der Waals surface area contributed by atoms with E-state index in [9.17, 15) is 4.79 Å². The van der Waals surface area contributed by atoms with E-state index in [1.165, 1.54) is 0 Å². The highest BCUT2D eigenvalue weighted by atomic mass is 16.1. The van der Waals surface area contributed by atoms with Crippen molar-refractivity contribution in [3.63, 3.8) is 0 Å². The number of para-hydroxylation sites is 2. The molecule has 1 amide bonds. The number of carbonyl (C=O) groups is 1. The monoisotopic (exact) mass is 367 g/mol. The fourth-order valence-electron chi connectivity index (χ4n) is 3.02. The van der Waals surface area contributed by atoms with Gasteiger partial charge in [0.1, 0.15) is 0 Å². The summed E-state index contributed by atoms with van der Waals surface area (Å²) in [6.07, 6.45) is 1.75. The van der Waals surface area contributed by atoms with Crippen molar-refractivity contribution in [3.05, 3.63) is 89.6 Å². The topological polar surface area (TPSA) is 96.7 Å². The van der Waals surface area contributed by atoms with Gasteiger partial charge in [-0.15, -0.1) is 0 Å². The van der Waals surface area contributed by atoms with Crippen LogP contribution in [0.2, 0.25) is 0 Å². The molecule has 0 aliphatic heterocycles. The highest BCUT2D eigenvalue weighted by Gasteiger charge is 2.09. The first-order valence-electron chi connectivity index (χ1n) is 8.74. The largest absolute Gasteiger partial charge is 0.397 e. The molecule has 0 fully saturated rings. The second kappa shape index (κ2) is 7.25. The molecular formula is C22H17N5O. The van der Waals surface area contributed by atoms with E-state index in [1.807, 2.05) is 41.1 Å². The Morgan fingerprint density at radius 1 is 1.11 bits per heavy atom. The number of nitrogens with zero attached hydrogens (tertiary/aromatic N) is 3. The Bertz CT molecular complexity index is 1200. The molecule has 0 saturated carbocycles. The molecule has 3 aromatic carbocycles. The molecule has 1 heterocycles. The van der Waals surface area contributed by atoms with Crippen LogP contribution in [0.1, 0.15) is 21.5 Å². The molecule has 3 N–H and O–H groups in total. The van der Waals surface area contributed by atoms with Gasteiger partial charge in [0.05, 0.1) is 41.3 Å². The van der Waals surface area contributed by atoms with Gasteiger partial charge < -0.3 is 11.1 Å². The van der Waals surface area contributed by atoms with E-state index >= 15 is 0 Å². The van der Waals surface area contributed by atoms with Crippen LogP contribution in [0.4, 0.5) is 11.4 Å². The number of hydrogen-bond donors (Lipinski definition) is 2. The van der Waals surface area contributed by atoms with Crippen LogP contribution in [0.5, 0.6) is 0 Å². The molecular weight excluding hydrogens is 350 g/mol. The predicted octanol–water partition coefficient (Wildman–Crippen LogP) is 3.79. The van der Waals surface area contributed by atoms with Gasteiger partial charge >= 0.3 is 0 Å². The number of aromatic nitrogens is 2. The van der Waals surface area contributed by atoms with Crippen LogP contribution >= 0.6 is 0 Å². The number of nitriles is 1. The Hall–Kier alpha value is -4.11. The first kappa shape index (κ1) is 17.3. The first-order valence-corrected chi connectivity index (χ1v) is 8.74. The molecule has 4 aromatic rings. The lowest BCUT2D eigenvalue weighted by atomic mass is 10.1. The van der Waals surface area contributed by atoms with E-state index in [1.54, 1.807) is 36.5 Å². The van der Waals surface area contributed by atoms with E-state index in [2.05, 4.69) is 16.5 Å². The van der Waals surface area contributed by atoms with Gasteiger partial charge in [0.25, 0.3) is 5.91 Å². The number of carbonyl (C=O) groups excluding carboxylic acids is 1. The van der Waals surface area contributed by atoms with Crippen LogP contribution in [0.25, 0.3) is 10.9 Å². The molecule has 4 rings (SSSR count). The number of anilines is 2. The van der Waals surface area contributed by atoms with Crippen molar-refractivity contribution in [1.29, 1.82) is 5.26 Å². The second-order valence-corrected chi connectivity index (χ2v) is 6.43. The summed E-state index contributed by atoms with van der Waals surface area (Å²) < 4.78 is 1.87. The van der Waals surface area contributed by atoms with Gasteiger partial charge in [-0.1, -0.05) is 24.3 Å². The van der Waals surface area contributed by atoms with E-state index in [-0.39, 0.29) is 5.91 Å². The summed E-state index contributed by atoms with van der Waals surface area (Å²) in [6, 6.07) is 22.1. The highest BCUT2D eigenvalue weighted by molar-refractivity contribution is 6.05. The quantitative estimate of drug-likeness (QED) is 0.536. The molecule has 0 bridgehead atoms. The molecule has 0 radical (unpaired) electrons. The first-order chi connectivity index (χ1) is 13.6. The SMILES string of the molecule is N#Cc1ccc2c(cnn2Cc2ccc(C(=O)Nc3ccccc3N)cc2)c1. The van der Waals surface area contributed by atoms with Gasteiger partial charge in [0, 0.05) is 10.9 Å². The fourth-order valence-corrected chi connectivity index (χ4v) is 3.02. The lowest BCUT2D eigenvalue weighted by molar-refractivity contribution is 0.102. The smallest absolute Gasteiger partial charge is 0.255 e. The summed E-state index contributed by atoms with van der Waals surface area (Å²) in [4.78, 5) is 12.4. The van der Waals surface area contributed by atoms with Gasteiger partial charge in [0.15, 0.2) is 0 Å². The van der Waals surface area contributed by atoms with Crippen LogP contribution in [0.15, 0.2) is 72.9 Å². The minimum absolute atomic E-state index is 0.210. The van der Waals surface area contributed by atoms with Crippen molar-refractivity contribution in [2.24, 2.45) is 0 Å². The Balaban J connectivity index is 1.50. The van der Waals surface area contributed by atoms with Crippen molar-refractivity contribution < 1.29 is 4.79 Å². The van der Waals surface area contributed by atoms with Crippen molar-refractivity contribution >= 4 is 28.2 Å². The molecule has 6 nitrogen and oxygen atoms in total. The standard InChI is InChI=1S/C22H17N5O/c23-12-16-7-10-21-18(11-16)13-25-27(21)14-15-5-8-17(9-6-15)22(28)26-20-4-2-1-3-19(20)24/h1-11,13H,14,24H2,(H,26,28). The third-order valence-corrected chi connectivity index (χ3v) is 4.53. The molecule has 0 spiro atoms. The maximum Gasteiger partial charge on any atom is 0.255 e. The van der Waals surface area contributed by atoms with Crippen LogP contribution in [0.3, 0.4) is 0 Å². The minimum atomic E-state index is -0.210. The number of nitrogens with two attached hydrogens (primary N) is 1. The summed E-state index contributed by atoms with van der Waals surface area (Å²) in [5.74, 6) is -0.210. The van der Waals surface area contributed by atoms with Crippen molar-refractivity contribution in [2.75, 3.05) is 11.1 Å². The summed E-state index contributed by atoms with van der Waals surface area (Å²) in [7, 11) is 0. The van der Waals surface area contributed by atoms with E-state index in [4.69, 9.17) is 11.0 Å². The van der Waals surface area contributed by atoms with Gasteiger partial charge in [0.2, 0.25) is 0 Å². The molecule has 0 unspecified atom stereocenters. The number of hydrogen-bond acceptors (Lipinski definition) is 4. The summed E-state index contributed by atoms with van der Waals surface area (Å²) >= 11 is 0. The van der Waals surface area contributed by atoms with Crippen LogP contribution in [0, 0.1) is 11.3 Å². The lowest BCUT2D eigenvalue weighted by Crippen LogP contribution is -2.13. The van der Waals surface area contributed by atoms with Crippen molar-refractivity contribution in [2.45, 2.75) is 6.54 Å². The average Bonchev–Trinajstić information content (AvgIpc) is 3.12. The number of nitrogens with one attached hydrogen (secondary N) is 1. The van der Waals surface area contributed by atoms with Gasteiger partial charge in [-0.2, -0.15) is 10.4 Å². The molecule has 6 heteroatoms. The number of amides is 1. The zero-order valence-corrected chi connectivity index (χ0v) is 15.0. The molecule has 136 valence electrons. The zero-order valence-electron chi connectivity index (χ0n) is 15.0. The Labute approximate surface area is 161 Å². The van der Waals surface area contributed by atoms with E-state index in [0.29, 0.717) is 29.0 Å².